The second-order valence-electron chi connectivity index (χ2n) is 4.47. The summed E-state index contributed by atoms with van der Waals surface area (Å²) in [6, 6.07) is 0. The average Bonchev–Trinajstić information content (AvgIpc) is 2.67. The van der Waals surface area contributed by atoms with Crippen LogP contribution < -0.4 is 11.1 Å². The lowest BCUT2D eigenvalue weighted by atomic mass is 9.98. The lowest BCUT2D eigenvalue weighted by Gasteiger charge is -2.16. The molecular formula is C11H17ClN4. The molecular weight excluding hydrogens is 224 g/mol. The van der Waals surface area contributed by atoms with E-state index in [4.69, 9.17) is 17.3 Å². The quantitative estimate of drug-likeness (QED) is 0.852. The molecule has 4 nitrogen and oxygen atoms in total. The van der Waals surface area contributed by atoms with E-state index in [0.717, 1.165) is 12.5 Å². The standard InChI is InChI=1S/C11H17ClN4/c1-7-3-2-4-8(7)5-14-11-9(12)10(13)15-6-16-11/h6-8H,2-5H2,1H3,(H3,13,14,15,16). The molecule has 1 heterocycles. The molecule has 16 heavy (non-hydrogen) atoms. The van der Waals surface area contributed by atoms with Crippen molar-refractivity contribution in [1.29, 1.82) is 0 Å². The van der Waals surface area contributed by atoms with Crippen LogP contribution in [0, 0.1) is 11.8 Å². The van der Waals surface area contributed by atoms with E-state index in [-0.39, 0.29) is 0 Å². The number of hydrogen-bond acceptors (Lipinski definition) is 4. The summed E-state index contributed by atoms with van der Waals surface area (Å²) >= 11 is 6.00. The van der Waals surface area contributed by atoms with Crippen LogP contribution in [0.3, 0.4) is 0 Å². The van der Waals surface area contributed by atoms with E-state index in [1.165, 1.54) is 25.6 Å². The van der Waals surface area contributed by atoms with Gasteiger partial charge in [-0.1, -0.05) is 31.4 Å². The number of halogens is 1. The Balaban J connectivity index is 1.96. The van der Waals surface area contributed by atoms with Gasteiger partial charge in [0.2, 0.25) is 0 Å². The lowest BCUT2D eigenvalue weighted by molar-refractivity contribution is 0.439. The highest BCUT2D eigenvalue weighted by molar-refractivity contribution is 6.35. The molecule has 3 N–H and O–H groups in total. The number of anilines is 2. The van der Waals surface area contributed by atoms with Gasteiger partial charge in [-0.25, -0.2) is 9.97 Å². The zero-order chi connectivity index (χ0) is 11.5. The van der Waals surface area contributed by atoms with Gasteiger partial charge in [0.1, 0.15) is 23.0 Å². The maximum absolute atomic E-state index is 6.00. The minimum atomic E-state index is 0.332. The van der Waals surface area contributed by atoms with Gasteiger partial charge >= 0.3 is 0 Å². The first-order chi connectivity index (χ1) is 7.68. The molecule has 0 aliphatic heterocycles. The topological polar surface area (TPSA) is 63.8 Å². The van der Waals surface area contributed by atoms with Crippen molar-refractivity contribution in [2.24, 2.45) is 11.8 Å². The summed E-state index contributed by atoms with van der Waals surface area (Å²) in [7, 11) is 0. The van der Waals surface area contributed by atoms with Crippen molar-refractivity contribution in [1.82, 2.24) is 9.97 Å². The van der Waals surface area contributed by atoms with Crippen LogP contribution in [0.25, 0.3) is 0 Å². The molecule has 1 fully saturated rings. The predicted octanol–water partition coefficient (Wildman–Crippen LogP) is 2.56. The van der Waals surface area contributed by atoms with Gasteiger partial charge in [-0.2, -0.15) is 0 Å². The fourth-order valence-corrected chi connectivity index (χ4v) is 2.42. The second kappa shape index (κ2) is 4.87. The summed E-state index contributed by atoms with van der Waals surface area (Å²) in [5.41, 5.74) is 5.61. The summed E-state index contributed by atoms with van der Waals surface area (Å²) in [4.78, 5) is 7.92. The Hall–Kier alpha value is -1.03. The highest BCUT2D eigenvalue weighted by Gasteiger charge is 2.23. The van der Waals surface area contributed by atoms with E-state index in [0.29, 0.717) is 22.6 Å². The Kier molecular flexibility index (Phi) is 3.49. The van der Waals surface area contributed by atoms with Crippen LogP contribution in [0.15, 0.2) is 6.33 Å². The Labute approximate surface area is 101 Å². The molecule has 0 bridgehead atoms. The van der Waals surface area contributed by atoms with Crippen LogP contribution in [-0.2, 0) is 0 Å². The molecule has 2 rings (SSSR count). The first-order valence-corrected chi connectivity index (χ1v) is 6.06. The monoisotopic (exact) mass is 240 g/mol. The van der Waals surface area contributed by atoms with Crippen LogP contribution >= 0.6 is 11.6 Å². The molecule has 88 valence electrons. The highest BCUT2D eigenvalue weighted by Crippen LogP contribution is 2.32. The Bertz CT molecular complexity index is 369. The van der Waals surface area contributed by atoms with Crippen molar-refractivity contribution < 1.29 is 0 Å². The minimum Gasteiger partial charge on any atom is -0.382 e. The van der Waals surface area contributed by atoms with E-state index in [1.807, 2.05) is 0 Å². The van der Waals surface area contributed by atoms with E-state index in [9.17, 15) is 0 Å². The van der Waals surface area contributed by atoms with Crippen LogP contribution in [0.5, 0.6) is 0 Å². The molecule has 0 spiro atoms. The summed E-state index contributed by atoms with van der Waals surface area (Å²) < 4.78 is 0. The molecule has 1 aromatic heterocycles. The van der Waals surface area contributed by atoms with Gasteiger partial charge in [0.25, 0.3) is 0 Å². The van der Waals surface area contributed by atoms with Gasteiger partial charge in [-0.05, 0) is 18.3 Å². The van der Waals surface area contributed by atoms with Crippen LogP contribution in [0.2, 0.25) is 5.02 Å². The molecule has 1 aromatic rings. The highest BCUT2D eigenvalue weighted by atomic mass is 35.5. The SMILES string of the molecule is CC1CCCC1CNc1ncnc(N)c1Cl. The van der Waals surface area contributed by atoms with Crippen LogP contribution in [0.1, 0.15) is 26.2 Å². The van der Waals surface area contributed by atoms with Gasteiger partial charge < -0.3 is 11.1 Å². The molecule has 0 amide bonds. The van der Waals surface area contributed by atoms with Crippen molar-refractivity contribution in [3.63, 3.8) is 0 Å². The number of nitrogens with zero attached hydrogens (tertiary/aromatic N) is 2. The van der Waals surface area contributed by atoms with Gasteiger partial charge in [0.05, 0.1) is 0 Å². The summed E-state index contributed by atoms with van der Waals surface area (Å²) in [6.45, 7) is 3.21. The number of nitrogens with one attached hydrogen (secondary N) is 1. The first kappa shape index (κ1) is 11.5. The normalized spacial score (nSPS) is 24.6. The van der Waals surface area contributed by atoms with E-state index < -0.39 is 0 Å². The van der Waals surface area contributed by atoms with E-state index in [1.54, 1.807) is 0 Å². The van der Waals surface area contributed by atoms with E-state index >= 15 is 0 Å². The zero-order valence-electron chi connectivity index (χ0n) is 9.41. The molecule has 2 unspecified atom stereocenters. The fourth-order valence-electron chi connectivity index (χ4n) is 2.26. The van der Waals surface area contributed by atoms with Gasteiger partial charge in [0.15, 0.2) is 0 Å². The maximum atomic E-state index is 6.00. The molecule has 1 aliphatic rings. The van der Waals surface area contributed by atoms with Gasteiger partial charge in [-0.15, -0.1) is 0 Å². The maximum Gasteiger partial charge on any atom is 0.150 e. The minimum absolute atomic E-state index is 0.332. The predicted molar refractivity (Wildman–Crippen MR) is 66.4 cm³/mol. The van der Waals surface area contributed by atoms with Gasteiger partial charge in [0, 0.05) is 6.54 Å². The molecule has 0 saturated heterocycles. The van der Waals surface area contributed by atoms with E-state index in [2.05, 4.69) is 22.2 Å². The molecule has 0 aromatic carbocycles. The summed E-state index contributed by atoms with van der Waals surface area (Å²) in [6.07, 6.45) is 5.37. The third-order valence-electron chi connectivity index (χ3n) is 3.39. The third kappa shape index (κ3) is 2.38. The van der Waals surface area contributed by atoms with Crippen molar-refractivity contribution in [2.75, 3.05) is 17.6 Å². The number of nitrogen functional groups attached to an aromatic ring is 1. The van der Waals surface area contributed by atoms with Crippen LogP contribution in [-0.4, -0.2) is 16.5 Å². The zero-order valence-corrected chi connectivity index (χ0v) is 10.2. The average molecular weight is 241 g/mol. The molecule has 5 heteroatoms. The number of nitrogens with two attached hydrogens (primary N) is 1. The Morgan fingerprint density at radius 2 is 2.31 bits per heavy atom. The van der Waals surface area contributed by atoms with Crippen molar-refractivity contribution in [3.05, 3.63) is 11.3 Å². The summed E-state index contributed by atoms with van der Waals surface area (Å²) in [5.74, 6) is 2.48. The fraction of sp³-hybridized carbons (Fsp3) is 0.636. The molecule has 1 saturated carbocycles. The summed E-state index contributed by atoms with van der Waals surface area (Å²) in [5, 5.41) is 3.69. The number of aromatic nitrogens is 2. The molecule has 2 atom stereocenters. The third-order valence-corrected chi connectivity index (χ3v) is 3.76. The second-order valence-corrected chi connectivity index (χ2v) is 4.85. The first-order valence-electron chi connectivity index (χ1n) is 5.68. The molecule has 1 aliphatic carbocycles. The van der Waals surface area contributed by atoms with Crippen molar-refractivity contribution in [2.45, 2.75) is 26.2 Å². The van der Waals surface area contributed by atoms with Crippen molar-refractivity contribution >= 4 is 23.2 Å². The van der Waals surface area contributed by atoms with Gasteiger partial charge in [-0.3, -0.25) is 0 Å². The Morgan fingerprint density at radius 3 is 3.00 bits per heavy atom. The van der Waals surface area contributed by atoms with Crippen LogP contribution in [0.4, 0.5) is 11.6 Å². The lowest BCUT2D eigenvalue weighted by Crippen LogP contribution is -2.17. The smallest absolute Gasteiger partial charge is 0.150 e. The largest absolute Gasteiger partial charge is 0.382 e. The van der Waals surface area contributed by atoms with Crippen molar-refractivity contribution in [3.8, 4) is 0 Å². The molecule has 0 radical (unpaired) electrons. The number of rotatable bonds is 3. The number of hydrogen-bond donors (Lipinski definition) is 2. The Morgan fingerprint density at radius 1 is 1.50 bits per heavy atom.